The van der Waals surface area contributed by atoms with E-state index in [2.05, 4.69) is 13.8 Å². The molecule has 0 saturated heterocycles. The molecule has 0 aliphatic heterocycles. The molecule has 148 valence electrons. The van der Waals surface area contributed by atoms with E-state index in [0.717, 1.165) is 12.8 Å². The van der Waals surface area contributed by atoms with Crippen molar-refractivity contribution in [2.45, 2.75) is 58.2 Å². The lowest BCUT2D eigenvalue weighted by Gasteiger charge is -2.41. The summed E-state index contributed by atoms with van der Waals surface area (Å²) in [6, 6.07) is 4.57. The van der Waals surface area contributed by atoms with Gasteiger partial charge in [-0.2, -0.15) is 0 Å². The van der Waals surface area contributed by atoms with Gasteiger partial charge in [-0.25, -0.2) is 0 Å². The van der Waals surface area contributed by atoms with Crippen LogP contribution in [0, 0.1) is 29.1 Å². The number of ether oxygens (including phenoxy) is 1. The first kappa shape index (κ1) is 18.0. The number of fused-ring (bicyclic) bond motifs is 4. The lowest BCUT2D eigenvalue weighted by atomic mass is 9.65. The van der Waals surface area contributed by atoms with Crippen molar-refractivity contribution in [3.8, 4) is 5.75 Å². The summed E-state index contributed by atoms with van der Waals surface area (Å²) in [7, 11) is 0. The molecule has 0 spiro atoms. The molecule has 1 aromatic rings. The largest absolute Gasteiger partial charge is 0.507 e. The lowest BCUT2D eigenvalue weighted by Crippen LogP contribution is -2.50. The molecule has 4 aliphatic carbocycles. The minimum absolute atomic E-state index is 0.0154. The van der Waals surface area contributed by atoms with Crippen LogP contribution in [0.25, 0.3) is 0 Å². The van der Waals surface area contributed by atoms with Gasteiger partial charge >= 0.3 is 0 Å². The minimum Gasteiger partial charge on any atom is -0.507 e. The van der Waals surface area contributed by atoms with Crippen LogP contribution < -0.4 is 0 Å². The third-order valence-electron chi connectivity index (χ3n) is 8.05. The molecule has 5 heteroatoms. The Kier molecular flexibility index (Phi) is 3.86. The molecule has 3 saturated carbocycles. The fraction of sp³-hybridized carbons (Fsp3) is 0.609. The molecule has 5 rings (SSSR count). The number of aromatic hydroxyl groups is 1. The number of carbonyl (C=O) groups excluding carboxylic acids is 3. The van der Waals surface area contributed by atoms with Gasteiger partial charge in [0.15, 0.2) is 11.6 Å². The van der Waals surface area contributed by atoms with Gasteiger partial charge in [-0.05, 0) is 42.6 Å². The first-order chi connectivity index (χ1) is 13.3. The molecule has 4 aliphatic rings. The Balaban J connectivity index is 1.49. The molecule has 6 atom stereocenters. The molecule has 5 nitrogen and oxygen atoms in total. The van der Waals surface area contributed by atoms with E-state index in [1.807, 2.05) is 0 Å². The van der Waals surface area contributed by atoms with E-state index in [9.17, 15) is 19.5 Å². The second-order valence-corrected chi connectivity index (χ2v) is 9.66. The van der Waals surface area contributed by atoms with E-state index in [4.69, 9.17) is 4.74 Å². The average molecular weight is 382 g/mol. The number of rotatable bonds is 2. The summed E-state index contributed by atoms with van der Waals surface area (Å²) >= 11 is 0. The van der Waals surface area contributed by atoms with E-state index in [1.54, 1.807) is 12.1 Å². The summed E-state index contributed by atoms with van der Waals surface area (Å²) in [5, 5.41) is 10.2. The van der Waals surface area contributed by atoms with E-state index in [1.165, 1.54) is 12.5 Å². The standard InChI is InChI=1S/C23H26O5/c1-23(2)11-6-7-15(23)17(8-11)28-18-10-12(24)9-14-20(18)22(27)19-13(21(14)26)4-3-5-16(19)25/h3-5,11,14-15,17-18,20,25H,6-10H2,1-2H3. The topological polar surface area (TPSA) is 80.7 Å². The quantitative estimate of drug-likeness (QED) is 0.846. The highest BCUT2D eigenvalue weighted by atomic mass is 16.5. The van der Waals surface area contributed by atoms with Crippen molar-refractivity contribution in [1.29, 1.82) is 0 Å². The highest BCUT2D eigenvalue weighted by Crippen LogP contribution is 2.59. The second kappa shape index (κ2) is 5.99. The number of ketones is 3. The Hall–Kier alpha value is -2.01. The predicted octanol–water partition coefficient (Wildman–Crippen LogP) is 3.58. The number of hydrogen-bond acceptors (Lipinski definition) is 5. The number of phenolic OH excluding ortho intramolecular Hbond substituents is 1. The van der Waals surface area contributed by atoms with Crippen molar-refractivity contribution in [3.05, 3.63) is 29.3 Å². The van der Waals surface area contributed by atoms with Gasteiger partial charge in [0.2, 0.25) is 0 Å². The summed E-state index contributed by atoms with van der Waals surface area (Å²) in [6.07, 6.45) is 3.03. The molecule has 28 heavy (non-hydrogen) atoms. The monoisotopic (exact) mass is 382 g/mol. The van der Waals surface area contributed by atoms with Gasteiger partial charge in [-0.3, -0.25) is 14.4 Å². The highest BCUT2D eigenvalue weighted by Gasteiger charge is 2.56. The van der Waals surface area contributed by atoms with Crippen LogP contribution in [-0.4, -0.2) is 34.7 Å². The second-order valence-electron chi connectivity index (χ2n) is 9.66. The molecule has 2 bridgehead atoms. The zero-order valence-electron chi connectivity index (χ0n) is 16.3. The summed E-state index contributed by atoms with van der Waals surface area (Å²) in [5.74, 6) is -0.936. The van der Waals surface area contributed by atoms with Crippen LogP contribution in [0.15, 0.2) is 18.2 Å². The van der Waals surface area contributed by atoms with E-state index < -0.39 is 17.9 Å². The summed E-state index contributed by atoms with van der Waals surface area (Å²) in [5.41, 5.74) is 0.561. The van der Waals surface area contributed by atoms with Crippen molar-refractivity contribution in [3.63, 3.8) is 0 Å². The van der Waals surface area contributed by atoms with Crippen LogP contribution in [0.3, 0.4) is 0 Å². The Morgan fingerprint density at radius 3 is 2.50 bits per heavy atom. The van der Waals surface area contributed by atoms with Gasteiger partial charge in [0, 0.05) is 24.3 Å². The minimum atomic E-state index is -0.673. The SMILES string of the molecule is CC1(C)C2CCC1C(OC1CC(=O)CC3C(=O)c4cccc(O)c4C(=O)C13)C2. The van der Waals surface area contributed by atoms with Gasteiger partial charge in [0.25, 0.3) is 0 Å². The van der Waals surface area contributed by atoms with E-state index in [-0.39, 0.29) is 58.6 Å². The molecule has 0 radical (unpaired) electrons. The maximum Gasteiger partial charge on any atom is 0.173 e. The van der Waals surface area contributed by atoms with Gasteiger partial charge < -0.3 is 9.84 Å². The van der Waals surface area contributed by atoms with Crippen molar-refractivity contribution >= 4 is 17.3 Å². The Labute approximate surface area is 164 Å². The van der Waals surface area contributed by atoms with Crippen LogP contribution >= 0.6 is 0 Å². The molecule has 0 aromatic heterocycles. The van der Waals surface area contributed by atoms with Crippen LogP contribution in [0.5, 0.6) is 5.75 Å². The number of carbonyl (C=O) groups is 3. The number of hydrogen-bond donors (Lipinski definition) is 1. The van der Waals surface area contributed by atoms with Crippen molar-refractivity contribution in [2.75, 3.05) is 0 Å². The maximum atomic E-state index is 13.3. The maximum absolute atomic E-state index is 13.3. The lowest BCUT2D eigenvalue weighted by molar-refractivity contribution is -0.134. The zero-order chi connectivity index (χ0) is 19.8. The van der Waals surface area contributed by atoms with Crippen LogP contribution in [0.2, 0.25) is 0 Å². The smallest absolute Gasteiger partial charge is 0.173 e. The fourth-order valence-corrected chi connectivity index (χ4v) is 6.51. The van der Waals surface area contributed by atoms with E-state index >= 15 is 0 Å². The van der Waals surface area contributed by atoms with Gasteiger partial charge in [-0.1, -0.05) is 26.0 Å². The summed E-state index contributed by atoms with van der Waals surface area (Å²) in [6.45, 7) is 4.58. The fourth-order valence-electron chi connectivity index (χ4n) is 6.51. The molecule has 1 aromatic carbocycles. The Morgan fingerprint density at radius 2 is 1.82 bits per heavy atom. The number of Topliss-reactive ketones (excluding diaryl/α,β-unsaturated/α-hetero) is 3. The van der Waals surface area contributed by atoms with Crippen molar-refractivity contribution in [1.82, 2.24) is 0 Å². The third kappa shape index (κ3) is 2.38. The highest BCUT2D eigenvalue weighted by molar-refractivity contribution is 6.18. The summed E-state index contributed by atoms with van der Waals surface area (Å²) < 4.78 is 6.46. The normalized spacial score (nSPS) is 38.4. The van der Waals surface area contributed by atoms with Crippen LogP contribution in [-0.2, 0) is 9.53 Å². The Bertz CT molecular complexity index is 885. The molecule has 0 amide bonds. The van der Waals surface area contributed by atoms with Crippen LogP contribution in [0.4, 0.5) is 0 Å². The van der Waals surface area contributed by atoms with Gasteiger partial charge in [0.05, 0.1) is 23.7 Å². The summed E-state index contributed by atoms with van der Waals surface area (Å²) in [4.78, 5) is 38.8. The first-order valence-corrected chi connectivity index (χ1v) is 10.4. The first-order valence-electron chi connectivity index (χ1n) is 10.4. The molecule has 3 fully saturated rings. The molecule has 6 unspecified atom stereocenters. The molecule has 0 heterocycles. The van der Waals surface area contributed by atoms with Crippen LogP contribution in [0.1, 0.15) is 66.7 Å². The van der Waals surface area contributed by atoms with Gasteiger partial charge in [-0.15, -0.1) is 0 Å². The Morgan fingerprint density at radius 1 is 1.04 bits per heavy atom. The number of benzene rings is 1. The molecular weight excluding hydrogens is 356 g/mol. The van der Waals surface area contributed by atoms with Crippen molar-refractivity contribution in [2.24, 2.45) is 29.1 Å². The van der Waals surface area contributed by atoms with Crippen molar-refractivity contribution < 1.29 is 24.2 Å². The average Bonchev–Trinajstić information content (AvgIpc) is 3.05. The molecular formula is C23H26O5. The third-order valence-corrected chi connectivity index (χ3v) is 8.05. The van der Waals surface area contributed by atoms with E-state index in [0.29, 0.717) is 11.8 Å². The van der Waals surface area contributed by atoms with Gasteiger partial charge in [0.1, 0.15) is 11.5 Å². The number of phenols is 1. The zero-order valence-corrected chi connectivity index (χ0v) is 16.3. The molecule has 1 N–H and O–H groups in total. The predicted molar refractivity (Wildman–Crippen MR) is 101 cm³/mol.